The molecule has 1 saturated carbocycles. The third-order valence-corrected chi connectivity index (χ3v) is 3.43. The fraction of sp³-hybridized carbons (Fsp3) is 0.750. The van der Waals surface area contributed by atoms with E-state index in [-0.39, 0.29) is 0 Å². The largest absolute Gasteiger partial charge is 0.130 e. The topological polar surface area (TPSA) is 0 Å². The van der Waals surface area contributed by atoms with Crippen LogP contribution in [0.3, 0.4) is 0 Å². The first-order chi connectivity index (χ1) is 6.08. The first-order valence-corrected chi connectivity index (χ1v) is 9.11. The van der Waals surface area contributed by atoms with Gasteiger partial charge in [-0.05, 0) is 31.3 Å². The maximum Gasteiger partial charge on any atom is 0.0781 e. The van der Waals surface area contributed by atoms with E-state index in [0.29, 0.717) is 0 Å². The molecular formula is C12H22Si. The standard InChI is InChI=1S/C12H22Si/c1-13(2,3)11-10-12-8-6-4-5-7-9-12/h11H,4-9H2,1-3H3. The summed E-state index contributed by atoms with van der Waals surface area (Å²) in [4.78, 5) is 0. The molecule has 0 aromatic carbocycles. The van der Waals surface area contributed by atoms with E-state index in [1.807, 2.05) is 0 Å². The zero-order chi connectivity index (χ0) is 9.73. The van der Waals surface area contributed by atoms with Crippen LogP contribution in [0.4, 0.5) is 0 Å². The van der Waals surface area contributed by atoms with Gasteiger partial charge in [-0.1, -0.05) is 38.2 Å². The van der Waals surface area contributed by atoms with Crippen LogP contribution in [0.5, 0.6) is 0 Å². The Hall–Kier alpha value is -0.263. The first-order valence-electron chi connectivity index (χ1n) is 5.53. The van der Waals surface area contributed by atoms with Crippen molar-refractivity contribution in [1.29, 1.82) is 0 Å². The predicted molar refractivity (Wildman–Crippen MR) is 62.6 cm³/mol. The van der Waals surface area contributed by atoms with Crippen molar-refractivity contribution in [3.63, 3.8) is 0 Å². The number of hydrogen-bond donors (Lipinski definition) is 0. The smallest absolute Gasteiger partial charge is 0.0781 e. The molecule has 74 valence electrons. The van der Waals surface area contributed by atoms with Gasteiger partial charge in [0.2, 0.25) is 0 Å². The molecule has 0 unspecified atom stereocenters. The van der Waals surface area contributed by atoms with Crippen molar-refractivity contribution < 1.29 is 0 Å². The molecule has 0 amide bonds. The van der Waals surface area contributed by atoms with Crippen LogP contribution >= 0.6 is 0 Å². The summed E-state index contributed by atoms with van der Waals surface area (Å²) in [5.41, 5.74) is 7.51. The fourth-order valence-electron chi connectivity index (χ4n) is 1.62. The second-order valence-corrected chi connectivity index (χ2v) is 10.2. The second kappa shape index (κ2) is 4.83. The molecule has 1 fully saturated rings. The Kier molecular flexibility index (Phi) is 4.02. The Morgan fingerprint density at radius 1 is 1.00 bits per heavy atom. The van der Waals surface area contributed by atoms with E-state index in [0.717, 1.165) is 0 Å². The van der Waals surface area contributed by atoms with Gasteiger partial charge in [0.05, 0.1) is 8.07 Å². The molecule has 1 heteroatoms. The minimum absolute atomic E-state index is 1.01. The van der Waals surface area contributed by atoms with Crippen molar-refractivity contribution in [2.24, 2.45) is 0 Å². The highest BCUT2D eigenvalue weighted by molar-refractivity contribution is 6.80. The molecule has 0 saturated heterocycles. The Bertz CT molecular complexity index is 204. The van der Waals surface area contributed by atoms with Gasteiger partial charge in [0.1, 0.15) is 0 Å². The molecule has 0 radical (unpaired) electrons. The average molecular weight is 194 g/mol. The summed E-state index contributed by atoms with van der Waals surface area (Å²) in [6, 6.07) is 0. The van der Waals surface area contributed by atoms with E-state index in [4.69, 9.17) is 0 Å². The average Bonchev–Trinajstić information content (AvgIpc) is 2.26. The Morgan fingerprint density at radius 3 is 2.00 bits per heavy atom. The predicted octanol–water partition coefficient (Wildman–Crippen LogP) is 4.30. The van der Waals surface area contributed by atoms with Crippen LogP contribution in [0.15, 0.2) is 17.0 Å². The fourth-order valence-corrected chi connectivity index (χ4v) is 2.26. The van der Waals surface area contributed by atoms with Crippen LogP contribution in [0.1, 0.15) is 38.5 Å². The zero-order valence-corrected chi connectivity index (χ0v) is 10.3. The maximum atomic E-state index is 3.55. The van der Waals surface area contributed by atoms with E-state index in [1.54, 1.807) is 5.57 Å². The van der Waals surface area contributed by atoms with E-state index >= 15 is 0 Å². The maximum absolute atomic E-state index is 3.55. The van der Waals surface area contributed by atoms with E-state index in [9.17, 15) is 0 Å². The molecule has 1 aliphatic carbocycles. The molecule has 1 rings (SSSR count). The van der Waals surface area contributed by atoms with Gasteiger partial charge in [0.15, 0.2) is 0 Å². The highest BCUT2D eigenvalue weighted by atomic mass is 28.3. The van der Waals surface area contributed by atoms with Crippen molar-refractivity contribution in [3.05, 3.63) is 17.0 Å². The molecule has 0 spiro atoms. The Balaban J connectivity index is 2.62. The minimum Gasteiger partial charge on any atom is -0.130 e. The van der Waals surface area contributed by atoms with Gasteiger partial charge in [-0.25, -0.2) is 0 Å². The molecular weight excluding hydrogens is 172 g/mol. The van der Waals surface area contributed by atoms with Crippen LogP contribution in [0.25, 0.3) is 0 Å². The van der Waals surface area contributed by atoms with E-state index < -0.39 is 8.07 Å². The number of rotatable bonds is 1. The zero-order valence-electron chi connectivity index (χ0n) is 9.32. The summed E-state index contributed by atoms with van der Waals surface area (Å²) >= 11 is 0. The Labute approximate surface area is 83.7 Å². The van der Waals surface area contributed by atoms with Crippen LogP contribution in [0.2, 0.25) is 19.6 Å². The molecule has 0 bridgehead atoms. The van der Waals surface area contributed by atoms with Crippen molar-refractivity contribution in [3.8, 4) is 0 Å². The van der Waals surface area contributed by atoms with Crippen molar-refractivity contribution in [2.45, 2.75) is 58.2 Å². The van der Waals surface area contributed by atoms with Gasteiger partial charge >= 0.3 is 0 Å². The highest BCUT2D eigenvalue weighted by Gasteiger charge is 2.07. The summed E-state index contributed by atoms with van der Waals surface area (Å²) in [5, 5.41) is 0. The number of hydrogen-bond acceptors (Lipinski definition) is 0. The molecule has 0 aromatic rings. The molecule has 13 heavy (non-hydrogen) atoms. The molecule has 1 aliphatic rings. The van der Waals surface area contributed by atoms with Crippen molar-refractivity contribution in [1.82, 2.24) is 0 Å². The van der Waals surface area contributed by atoms with Gasteiger partial charge in [-0.2, -0.15) is 0 Å². The summed E-state index contributed by atoms with van der Waals surface area (Å²) in [6.07, 6.45) is 8.25. The van der Waals surface area contributed by atoms with Gasteiger partial charge in [0, 0.05) is 0 Å². The summed E-state index contributed by atoms with van der Waals surface area (Å²) < 4.78 is 0. The molecule has 0 atom stereocenters. The lowest BCUT2D eigenvalue weighted by molar-refractivity contribution is 0.702. The highest BCUT2D eigenvalue weighted by Crippen LogP contribution is 2.21. The molecule has 0 aliphatic heterocycles. The summed E-state index contributed by atoms with van der Waals surface area (Å²) in [6.45, 7) is 7.12. The van der Waals surface area contributed by atoms with Gasteiger partial charge in [0.25, 0.3) is 0 Å². The number of allylic oxidation sites excluding steroid dienone is 1. The Morgan fingerprint density at radius 2 is 1.54 bits per heavy atom. The lowest BCUT2D eigenvalue weighted by Gasteiger charge is -2.06. The SMILES string of the molecule is C[Si](C)(C)C=C=C1CCCCCC1. The summed E-state index contributed by atoms with van der Waals surface area (Å²) in [5.74, 6) is 0. The molecule has 0 aromatic heterocycles. The van der Waals surface area contributed by atoms with E-state index in [1.165, 1.54) is 38.5 Å². The van der Waals surface area contributed by atoms with Crippen LogP contribution in [-0.2, 0) is 0 Å². The van der Waals surface area contributed by atoms with Gasteiger partial charge < -0.3 is 0 Å². The quantitative estimate of drug-likeness (QED) is 0.332. The van der Waals surface area contributed by atoms with Crippen molar-refractivity contribution >= 4 is 8.07 Å². The lowest BCUT2D eigenvalue weighted by Crippen LogP contribution is -2.14. The van der Waals surface area contributed by atoms with E-state index in [2.05, 4.69) is 31.1 Å². The summed E-state index contributed by atoms with van der Waals surface area (Å²) in [7, 11) is -1.01. The minimum atomic E-state index is -1.01. The normalized spacial score (nSPS) is 19.2. The lowest BCUT2D eigenvalue weighted by atomic mass is 10.1. The van der Waals surface area contributed by atoms with Crippen LogP contribution in [-0.4, -0.2) is 8.07 Å². The van der Waals surface area contributed by atoms with Gasteiger partial charge in [-0.3, -0.25) is 0 Å². The van der Waals surface area contributed by atoms with Crippen molar-refractivity contribution in [2.75, 3.05) is 0 Å². The molecule has 0 nitrogen and oxygen atoms in total. The molecule has 0 N–H and O–H groups in total. The second-order valence-electron chi connectivity index (χ2n) is 5.17. The molecule has 0 heterocycles. The monoisotopic (exact) mass is 194 g/mol. The van der Waals surface area contributed by atoms with Gasteiger partial charge in [-0.15, -0.1) is 5.73 Å². The van der Waals surface area contributed by atoms with Crippen LogP contribution in [0, 0.1) is 0 Å². The first kappa shape index (κ1) is 10.8. The van der Waals surface area contributed by atoms with Crippen LogP contribution < -0.4 is 0 Å². The third-order valence-electron chi connectivity index (χ3n) is 2.42. The third kappa shape index (κ3) is 5.12.